The van der Waals surface area contributed by atoms with E-state index in [1.165, 1.54) is 0 Å². The lowest BCUT2D eigenvalue weighted by Gasteiger charge is -2.27. The van der Waals surface area contributed by atoms with Crippen LogP contribution in [0.2, 0.25) is 0 Å². The normalized spacial score (nSPS) is 13.9. The Morgan fingerprint density at radius 1 is 1.39 bits per heavy atom. The van der Waals surface area contributed by atoms with E-state index in [9.17, 15) is 4.79 Å². The van der Waals surface area contributed by atoms with Crippen molar-refractivity contribution in [3.8, 4) is 0 Å². The number of carbonyl (C=O) groups is 1. The van der Waals surface area contributed by atoms with E-state index in [1.807, 2.05) is 30.3 Å². The third kappa shape index (κ3) is 4.10. The van der Waals surface area contributed by atoms with Crippen molar-refractivity contribution in [2.45, 2.75) is 19.2 Å². The molecule has 0 aliphatic carbocycles. The zero-order valence-corrected chi connectivity index (χ0v) is 10.8. The number of rotatable bonds is 7. The van der Waals surface area contributed by atoms with Gasteiger partial charge in [0.15, 0.2) is 5.66 Å². The van der Waals surface area contributed by atoms with E-state index in [2.05, 4.69) is 10.6 Å². The third-order valence-electron chi connectivity index (χ3n) is 2.71. The molecule has 0 saturated heterocycles. The second-order valence-corrected chi connectivity index (χ2v) is 4.09. The van der Waals surface area contributed by atoms with Gasteiger partial charge in [-0.25, -0.2) is 4.79 Å². The predicted octanol–water partition coefficient (Wildman–Crippen LogP) is 0.247. The molecule has 3 N–H and O–H groups in total. The molecule has 0 aromatic heterocycles. The Balaban J connectivity index is 2.52. The molecule has 0 heterocycles. The van der Waals surface area contributed by atoms with Gasteiger partial charge in [0, 0.05) is 6.54 Å². The molecule has 1 rings (SSSR count). The lowest BCUT2D eigenvalue weighted by Crippen LogP contribution is -2.60. The molecule has 0 bridgehead atoms. The first-order valence-electron chi connectivity index (χ1n) is 5.88. The molecule has 1 aromatic rings. The summed E-state index contributed by atoms with van der Waals surface area (Å²) in [6.45, 7) is 2.19. The van der Waals surface area contributed by atoms with E-state index < -0.39 is 11.6 Å². The summed E-state index contributed by atoms with van der Waals surface area (Å²) in [7, 11) is 1.66. The van der Waals surface area contributed by atoms with Gasteiger partial charge in [0.05, 0.1) is 6.61 Å². The summed E-state index contributed by atoms with van der Waals surface area (Å²) in [6.07, 6.45) is 0. The van der Waals surface area contributed by atoms with Gasteiger partial charge in [-0.05, 0) is 19.5 Å². The van der Waals surface area contributed by atoms with Crippen LogP contribution in [0, 0.1) is 0 Å². The summed E-state index contributed by atoms with van der Waals surface area (Å²) in [4.78, 5) is 11.9. The molecule has 0 aliphatic rings. The number of nitrogens with one attached hydrogen (secondary N) is 2. The van der Waals surface area contributed by atoms with Crippen molar-refractivity contribution >= 4 is 5.97 Å². The highest BCUT2D eigenvalue weighted by molar-refractivity contribution is 5.79. The third-order valence-corrected chi connectivity index (χ3v) is 2.71. The summed E-state index contributed by atoms with van der Waals surface area (Å²) >= 11 is 0. The largest absolute Gasteiger partial charge is 0.458 e. The standard InChI is InChI=1S/C13H20N2O3/c1-13(14-2,15-8-9-16)12(17)18-10-11-6-4-3-5-7-11/h3-7,14-16H,8-10H2,1-2H3. The summed E-state index contributed by atoms with van der Waals surface area (Å²) in [6, 6.07) is 9.48. The van der Waals surface area contributed by atoms with Crippen LogP contribution in [0.25, 0.3) is 0 Å². The molecule has 0 aliphatic heterocycles. The van der Waals surface area contributed by atoms with Crippen LogP contribution in [0.1, 0.15) is 12.5 Å². The van der Waals surface area contributed by atoms with Crippen molar-refractivity contribution in [3.05, 3.63) is 35.9 Å². The molecular formula is C13H20N2O3. The first-order valence-corrected chi connectivity index (χ1v) is 5.88. The SMILES string of the molecule is CNC(C)(NCCO)C(=O)OCc1ccccc1. The molecular weight excluding hydrogens is 232 g/mol. The maximum absolute atomic E-state index is 11.9. The van der Waals surface area contributed by atoms with Gasteiger partial charge in [-0.2, -0.15) is 0 Å². The van der Waals surface area contributed by atoms with Gasteiger partial charge in [-0.1, -0.05) is 30.3 Å². The fourth-order valence-corrected chi connectivity index (χ4v) is 1.44. The Labute approximate surface area is 107 Å². The van der Waals surface area contributed by atoms with E-state index in [0.717, 1.165) is 5.56 Å². The molecule has 1 atom stereocenters. The van der Waals surface area contributed by atoms with Crippen molar-refractivity contribution in [3.63, 3.8) is 0 Å². The smallest absolute Gasteiger partial charge is 0.341 e. The molecule has 5 heteroatoms. The summed E-state index contributed by atoms with van der Waals surface area (Å²) in [5.41, 5.74) is -0.0520. The highest BCUT2D eigenvalue weighted by Crippen LogP contribution is 2.06. The number of hydrogen-bond donors (Lipinski definition) is 3. The maximum Gasteiger partial charge on any atom is 0.341 e. The molecule has 1 unspecified atom stereocenters. The summed E-state index contributed by atoms with van der Waals surface area (Å²) in [5.74, 6) is -0.401. The fourth-order valence-electron chi connectivity index (χ4n) is 1.44. The van der Waals surface area contributed by atoms with Crippen LogP contribution in [0.3, 0.4) is 0 Å². The van der Waals surface area contributed by atoms with Gasteiger partial charge in [-0.15, -0.1) is 0 Å². The number of aliphatic hydroxyl groups excluding tert-OH is 1. The highest BCUT2D eigenvalue weighted by atomic mass is 16.5. The zero-order chi connectivity index (χ0) is 13.4. The molecule has 0 saturated carbocycles. The van der Waals surface area contributed by atoms with E-state index in [4.69, 9.17) is 9.84 Å². The van der Waals surface area contributed by atoms with Gasteiger partial charge >= 0.3 is 5.97 Å². The van der Waals surface area contributed by atoms with Gasteiger partial charge in [0.2, 0.25) is 0 Å². The van der Waals surface area contributed by atoms with Crippen LogP contribution >= 0.6 is 0 Å². The number of carbonyl (C=O) groups excluding carboxylic acids is 1. The lowest BCUT2D eigenvalue weighted by molar-refractivity contribution is -0.153. The van der Waals surface area contributed by atoms with E-state index in [-0.39, 0.29) is 13.2 Å². The number of benzene rings is 1. The van der Waals surface area contributed by atoms with Crippen LogP contribution in [0.15, 0.2) is 30.3 Å². The second-order valence-electron chi connectivity index (χ2n) is 4.09. The van der Waals surface area contributed by atoms with Crippen molar-refractivity contribution in [2.24, 2.45) is 0 Å². The quantitative estimate of drug-likeness (QED) is 0.479. The molecule has 1 aromatic carbocycles. The molecule has 100 valence electrons. The van der Waals surface area contributed by atoms with Crippen molar-refractivity contribution in [1.29, 1.82) is 0 Å². The maximum atomic E-state index is 11.9. The minimum atomic E-state index is -0.989. The van der Waals surface area contributed by atoms with E-state index in [0.29, 0.717) is 6.54 Å². The fraction of sp³-hybridized carbons (Fsp3) is 0.462. The van der Waals surface area contributed by atoms with Crippen LogP contribution in [-0.4, -0.2) is 36.9 Å². The Bertz CT molecular complexity index is 370. The van der Waals surface area contributed by atoms with Gasteiger partial charge in [0.25, 0.3) is 0 Å². The Morgan fingerprint density at radius 3 is 2.61 bits per heavy atom. The Hall–Kier alpha value is -1.43. The van der Waals surface area contributed by atoms with Gasteiger partial charge in [-0.3, -0.25) is 10.6 Å². The van der Waals surface area contributed by atoms with Gasteiger partial charge < -0.3 is 9.84 Å². The summed E-state index contributed by atoms with van der Waals surface area (Å²) < 4.78 is 5.24. The lowest BCUT2D eigenvalue weighted by atomic mass is 10.2. The molecule has 5 nitrogen and oxygen atoms in total. The second kappa shape index (κ2) is 7.10. The molecule has 0 spiro atoms. The number of hydrogen-bond acceptors (Lipinski definition) is 5. The van der Waals surface area contributed by atoms with Crippen LogP contribution in [0.5, 0.6) is 0 Å². The highest BCUT2D eigenvalue weighted by Gasteiger charge is 2.32. The monoisotopic (exact) mass is 252 g/mol. The van der Waals surface area contributed by atoms with Crippen LogP contribution in [0.4, 0.5) is 0 Å². The molecule has 0 fully saturated rings. The van der Waals surface area contributed by atoms with Crippen molar-refractivity contribution in [2.75, 3.05) is 20.2 Å². The first-order chi connectivity index (χ1) is 8.62. The average molecular weight is 252 g/mol. The van der Waals surface area contributed by atoms with Crippen molar-refractivity contribution < 1.29 is 14.6 Å². The number of esters is 1. The van der Waals surface area contributed by atoms with Gasteiger partial charge in [0.1, 0.15) is 6.61 Å². The predicted molar refractivity (Wildman–Crippen MR) is 68.8 cm³/mol. The average Bonchev–Trinajstić information content (AvgIpc) is 2.43. The van der Waals surface area contributed by atoms with Crippen LogP contribution < -0.4 is 10.6 Å². The number of aliphatic hydroxyl groups is 1. The summed E-state index contributed by atoms with van der Waals surface area (Å²) in [5, 5.41) is 14.5. The topological polar surface area (TPSA) is 70.6 Å². The van der Waals surface area contributed by atoms with Crippen molar-refractivity contribution in [1.82, 2.24) is 10.6 Å². The van der Waals surface area contributed by atoms with E-state index >= 15 is 0 Å². The van der Waals surface area contributed by atoms with E-state index in [1.54, 1.807) is 14.0 Å². The number of ether oxygens (including phenoxy) is 1. The minimum Gasteiger partial charge on any atom is -0.458 e. The number of likely N-dealkylation sites (N-methyl/N-ethyl adjacent to an activating group) is 1. The Morgan fingerprint density at radius 2 is 2.06 bits per heavy atom. The minimum absolute atomic E-state index is 0.0385. The molecule has 0 amide bonds. The molecule has 0 radical (unpaired) electrons. The van der Waals surface area contributed by atoms with Crippen LogP contribution in [-0.2, 0) is 16.1 Å². The first kappa shape index (κ1) is 14.6. The zero-order valence-electron chi connectivity index (χ0n) is 10.8. The molecule has 18 heavy (non-hydrogen) atoms. The Kier molecular flexibility index (Phi) is 5.77.